The number of allylic oxidation sites excluding steroid dienone is 2. The van der Waals surface area contributed by atoms with Crippen molar-refractivity contribution in [2.24, 2.45) is 0 Å². The van der Waals surface area contributed by atoms with Gasteiger partial charge in [0.1, 0.15) is 26.7 Å². The van der Waals surface area contributed by atoms with Crippen molar-refractivity contribution >= 4 is 6.16 Å². The topological polar surface area (TPSA) is 57.5 Å². The van der Waals surface area contributed by atoms with Gasteiger partial charge in [-0.25, -0.2) is 22.4 Å². The van der Waals surface area contributed by atoms with Crippen LogP contribution in [0.5, 0.6) is 0 Å². The van der Waals surface area contributed by atoms with Crippen LogP contribution in [-0.4, -0.2) is 43.1 Å². The van der Waals surface area contributed by atoms with Crippen LogP contribution in [0.3, 0.4) is 0 Å². The summed E-state index contributed by atoms with van der Waals surface area (Å²) in [7, 11) is 0. The fourth-order valence-electron chi connectivity index (χ4n) is 0.449. The molecule has 3 nitrogen and oxygen atoms in total. The second-order valence-corrected chi connectivity index (χ2v) is 2.02. The Morgan fingerprint density at radius 1 is 0.786 bits per heavy atom. The monoisotopic (exact) mass is 218 g/mol. The fourth-order valence-corrected chi connectivity index (χ4v) is 0.449. The van der Waals surface area contributed by atoms with E-state index in [0.717, 1.165) is 0 Å². The number of rotatable bonds is 4. The summed E-state index contributed by atoms with van der Waals surface area (Å²) >= 11 is 0. The van der Waals surface area contributed by atoms with Crippen molar-refractivity contribution in [3.63, 3.8) is 0 Å². The van der Waals surface area contributed by atoms with Gasteiger partial charge in [-0.05, 0) is 11.1 Å². The molecule has 0 spiro atoms. The van der Waals surface area contributed by atoms with Crippen molar-refractivity contribution in [3.8, 4) is 0 Å². The third-order valence-electron chi connectivity index (χ3n) is 1.15. The molecule has 0 aromatic rings. The molecule has 0 aromatic heterocycles. The first-order valence-corrected chi connectivity index (χ1v) is 3.38. The first-order valence-electron chi connectivity index (χ1n) is 3.38. The second kappa shape index (κ2) is 9.82. The van der Waals surface area contributed by atoms with E-state index in [0.29, 0.717) is 0 Å². The van der Waals surface area contributed by atoms with Gasteiger partial charge in [0.15, 0.2) is 0 Å². The standard InChI is InChI=1S/C6H8F4.CH2O3/c7-1-5(2-8)6(3-9)4-10;2-1(3)4/h1-4H2;(H2,2,3,4). The average Bonchev–Trinajstić information content (AvgIpc) is 2.13. The summed E-state index contributed by atoms with van der Waals surface area (Å²) < 4.78 is 46.6. The molecule has 14 heavy (non-hydrogen) atoms. The number of hydrogen-bond acceptors (Lipinski definition) is 1. The molecule has 2 N–H and O–H groups in total. The molecule has 0 aliphatic carbocycles. The summed E-state index contributed by atoms with van der Waals surface area (Å²) in [5.74, 6) is 0. The molecule has 0 rings (SSSR count). The molecule has 0 unspecified atom stereocenters. The van der Waals surface area contributed by atoms with Gasteiger partial charge in [0.2, 0.25) is 0 Å². The van der Waals surface area contributed by atoms with Gasteiger partial charge >= 0.3 is 6.16 Å². The SMILES string of the molecule is FCC(CF)=C(CF)CF.O=C(O)O. The van der Waals surface area contributed by atoms with E-state index in [1.165, 1.54) is 0 Å². The summed E-state index contributed by atoms with van der Waals surface area (Å²) in [4.78, 5) is 8.56. The summed E-state index contributed by atoms with van der Waals surface area (Å²) in [6, 6.07) is 0. The van der Waals surface area contributed by atoms with Crippen molar-refractivity contribution in [2.45, 2.75) is 0 Å². The Morgan fingerprint density at radius 3 is 1.00 bits per heavy atom. The molecule has 0 fully saturated rings. The minimum Gasteiger partial charge on any atom is -0.450 e. The Balaban J connectivity index is 0. The van der Waals surface area contributed by atoms with Crippen LogP contribution in [0.4, 0.5) is 22.4 Å². The third-order valence-corrected chi connectivity index (χ3v) is 1.15. The number of carbonyl (C=O) groups is 1. The molecule has 0 bridgehead atoms. The number of alkyl halides is 4. The van der Waals surface area contributed by atoms with Gasteiger partial charge in [-0.2, -0.15) is 0 Å². The van der Waals surface area contributed by atoms with Crippen LogP contribution in [-0.2, 0) is 0 Å². The summed E-state index contributed by atoms with van der Waals surface area (Å²) in [5, 5.41) is 13.9. The summed E-state index contributed by atoms with van der Waals surface area (Å²) in [6.07, 6.45) is -1.83. The molecule has 0 aromatic carbocycles. The van der Waals surface area contributed by atoms with Crippen LogP contribution >= 0.6 is 0 Å². The zero-order valence-electron chi connectivity index (χ0n) is 7.14. The van der Waals surface area contributed by atoms with E-state index in [2.05, 4.69) is 0 Å². The maximum Gasteiger partial charge on any atom is 0.503 e. The quantitative estimate of drug-likeness (QED) is 0.562. The van der Waals surface area contributed by atoms with Crippen LogP contribution in [0, 0.1) is 0 Å². The summed E-state index contributed by atoms with van der Waals surface area (Å²) in [6.45, 7) is -4.45. The number of halogens is 4. The Morgan fingerprint density at radius 2 is 0.929 bits per heavy atom. The highest BCUT2D eigenvalue weighted by Crippen LogP contribution is 2.07. The van der Waals surface area contributed by atoms with Crippen LogP contribution in [0.1, 0.15) is 0 Å². The molecule has 0 radical (unpaired) electrons. The van der Waals surface area contributed by atoms with Crippen LogP contribution in [0.25, 0.3) is 0 Å². The predicted octanol–water partition coefficient (Wildman–Crippen LogP) is 2.38. The smallest absolute Gasteiger partial charge is 0.450 e. The molecule has 0 saturated heterocycles. The van der Waals surface area contributed by atoms with Crippen molar-refractivity contribution < 1.29 is 32.6 Å². The van der Waals surface area contributed by atoms with E-state index in [1.54, 1.807) is 0 Å². The third kappa shape index (κ3) is 8.82. The highest BCUT2D eigenvalue weighted by atomic mass is 19.1. The first kappa shape index (κ1) is 15.2. The Kier molecular flexibility index (Phi) is 10.7. The van der Waals surface area contributed by atoms with Crippen molar-refractivity contribution in [1.82, 2.24) is 0 Å². The van der Waals surface area contributed by atoms with E-state index in [1.807, 2.05) is 0 Å². The lowest BCUT2D eigenvalue weighted by atomic mass is 10.2. The molecule has 7 heteroatoms. The molecule has 84 valence electrons. The maximum absolute atomic E-state index is 11.7. The largest absolute Gasteiger partial charge is 0.503 e. The first-order chi connectivity index (χ1) is 6.53. The van der Waals surface area contributed by atoms with Gasteiger partial charge in [-0.1, -0.05) is 0 Å². The van der Waals surface area contributed by atoms with Gasteiger partial charge in [-0.3, -0.25) is 0 Å². The Bertz CT molecular complexity index is 163. The number of hydrogen-bond donors (Lipinski definition) is 2. The van der Waals surface area contributed by atoms with Crippen molar-refractivity contribution in [1.29, 1.82) is 0 Å². The average molecular weight is 218 g/mol. The van der Waals surface area contributed by atoms with E-state index in [4.69, 9.17) is 15.0 Å². The minimum atomic E-state index is -1.83. The van der Waals surface area contributed by atoms with Crippen LogP contribution < -0.4 is 0 Å². The fraction of sp³-hybridized carbons (Fsp3) is 0.571. The molecule has 0 heterocycles. The van der Waals surface area contributed by atoms with E-state index in [-0.39, 0.29) is 0 Å². The Labute approximate surface area is 77.7 Å². The molecule has 0 saturated carbocycles. The predicted molar refractivity (Wildman–Crippen MR) is 41.6 cm³/mol. The van der Waals surface area contributed by atoms with E-state index in [9.17, 15) is 17.6 Å². The Hall–Kier alpha value is -1.27. The lowest BCUT2D eigenvalue weighted by Gasteiger charge is -2.00. The molecular weight excluding hydrogens is 208 g/mol. The van der Waals surface area contributed by atoms with Crippen LogP contribution in [0.2, 0.25) is 0 Å². The van der Waals surface area contributed by atoms with Gasteiger partial charge < -0.3 is 10.2 Å². The molecule has 0 aliphatic rings. The zero-order chi connectivity index (χ0) is 11.6. The normalized spacial score (nSPS) is 8.57. The van der Waals surface area contributed by atoms with Crippen molar-refractivity contribution in [3.05, 3.63) is 11.1 Å². The highest BCUT2D eigenvalue weighted by Gasteiger charge is 2.05. The lowest BCUT2D eigenvalue weighted by molar-refractivity contribution is 0.137. The van der Waals surface area contributed by atoms with Gasteiger partial charge in [0.05, 0.1) is 0 Å². The van der Waals surface area contributed by atoms with Crippen LogP contribution in [0.15, 0.2) is 11.1 Å². The van der Waals surface area contributed by atoms with E-state index >= 15 is 0 Å². The van der Waals surface area contributed by atoms with Gasteiger partial charge in [0, 0.05) is 0 Å². The second-order valence-electron chi connectivity index (χ2n) is 2.02. The summed E-state index contributed by atoms with van der Waals surface area (Å²) in [5.41, 5.74) is -0.824. The number of carboxylic acid groups (broad SMARTS) is 2. The molecule has 0 aliphatic heterocycles. The van der Waals surface area contributed by atoms with Crippen molar-refractivity contribution in [2.75, 3.05) is 26.7 Å². The molecule has 0 atom stereocenters. The molecular formula is C7H10F4O3. The van der Waals surface area contributed by atoms with Gasteiger partial charge in [-0.15, -0.1) is 0 Å². The highest BCUT2D eigenvalue weighted by molar-refractivity contribution is 5.53. The molecule has 0 amide bonds. The lowest BCUT2D eigenvalue weighted by Crippen LogP contribution is -2.00. The maximum atomic E-state index is 11.7. The van der Waals surface area contributed by atoms with Gasteiger partial charge in [0.25, 0.3) is 0 Å². The van der Waals surface area contributed by atoms with E-state index < -0.39 is 44.0 Å². The minimum absolute atomic E-state index is 0.412. The zero-order valence-corrected chi connectivity index (χ0v) is 7.14.